The molecule has 2 bridgehead atoms. The van der Waals surface area contributed by atoms with Crippen LogP contribution in [0.4, 0.5) is 0 Å². The summed E-state index contributed by atoms with van der Waals surface area (Å²) in [7, 11) is 1.68. The molecule has 0 radical (unpaired) electrons. The third kappa shape index (κ3) is 1.93. The highest BCUT2D eigenvalue weighted by Gasteiger charge is 2.41. The average Bonchev–Trinajstić information content (AvgIpc) is 2.82. The molecule has 0 spiro atoms. The van der Waals surface area contributed by atoms with E-state index in [0.29, 0.717) is 0 Å². The summed E-state index contributed by atoms with van der Waals surface area (Å²) in [4.78, 5) is 0. The molecule has 0 aromatic carbocycles. The second-order valence-corrected chi connectivity index (χ2v) is 8.57. The van der Waals surface area contributed by atoms with Gasteiger partial charge in [0.05, 0.1) is 0 Å². The Labute approximate surface area is 93.9 Å². The summed E-state index contributed by atoms with van der Waals surface area (Å²) in [6.45, 7) is 4.48. The van der Waals surface area contributed by atoms with Crippen LogP contribution < -0.4 is 0 Å². The molecule has 15 heavy (non-hydrogen) atoms. The lowest BCUT2D eigenvalue weighted by Crippen LogP contribution is -2.37. The summed E-state index contributed by atoms with van der Waals surface area (Å²) in [5.74, 6) is 1.74. The molecule has 2 nitrogen and oxygen atoms in total. The largest absolute Gasteiger partial charge is 0.398 e. The summed E-state index contributed by atoms with van der Waals surface area (Å²) in [5.41, 5.74) is 3.32. The molecule has 86 valence electrons. The Bertz CT molecular complexity index is 281. The minimum absolute atomic E-state index is 0.854. The van der Waals surface area contributed by atoms with Crippen LogP contribution in [-0.2, 0) is 8.85 Å². The SMILES string of the molecule is CO[Si](C)(CC1=C(C)[C@H]2CC[C@H]1C2)OC. The van der Waals surface area contributed by atoms with Crippen molar-refractivity contribution in [1.82, 2.24) is 0 Å². The molecule has 0 amide bonds. The maximum absolute atomic E-state index is 5.59. The van der Waals surface area contributed by atoms with Crippen molar-refractivity contribution in [2.75, 3.05) is 14.2 Å². The molecule has 2 aliphatic carbocycles. The number of fused-ring (bicyclic) bond motifs is 2. The quantitative estimate of drug-likeness (QED) is 0.542. The highest BCUT2D eigenvalue weighted by molar-refractivity contribution is 6.66. The molecule has 0 aromatic heterocycles. The molecule has 2 atom stereocenters. The highest BCUT2D eigenvalue weighted by Crippen LogP contribution is 2.50. The number of hydrogen-bond donors (Lipinski definition) is 0. The standard InChI is InChI=1S/C12H22O2Si/c1-9-10-5-6-11(7-10)12(9)8-15(4,13-2)14-3/h10-11H,5-8H2,1-4H3/t10-,11-/m0/s1. The van der Waals surface area contributed by atoms with E-state index in [0.717, 1.165) is 17.9 Å². The van der Waals surface area contributed by atoms with Gasteiger partial charge in [0.15, 0.2) is 0 Å². The van der Waals surface area contributed by atoms with Crippen LogP contribution in [-0.4, -0.2) is 22.8 Å². The predicted octanol–water partition coefficient (Wildman–Crippen LogP) is 3.10. The summed E-state index contributed by atoms with van der Waals surface area (Å²) in [6, 6.07) is 1.08. The molecule has 1 saturated carbocycles. The number of rotatable bonds is 4. The molecule has 0 heterocycles. The van der Waals surface area contributed by atoms with Crippen molar-refractivity contribution in [3.63, 3.8) is 0 Å². The predicted molar refractivity (Wildman–Crippen MR) is 64.0 cm³/mol. The smallest absolute Gasteiger partial charge is 0.338 e. The Morgan fingerprint density at radius 1 is 1.20 bits per heavy atom. The van der Waals surface area contributed by atoms with Crippen molar-refractivity contribution < 1.29 is 8.85 Å². The van der Waals surface area contributed by atoms with E-state index in [9.17, 15) is 0 Å². The van der Waals surface area contributed by atoms with Crippen molar-refractivity contribution in [2.45, 2.75) is 38.8 Å². The van der Waals surface area contributed by atoms with Crippen molar-refractivity contribution in [3.05, 3.63) is 11.1 Å². The van der Waals surface area contributed by atoms with E-state index in [4.69, 9.17) is 8.85 Å². The zero-order valence-corrected chi connectivity index (χ0v) is 11.3. The van der Waals surface area contributed by atoms with Gasteiger partial charge in [0, 0.05) is 20.3 Å². The third-order valence-electron chi connectivity index (χ3n) is 4.42. The Kier molecular flexibility index (Phi) is 3.06. The molecule has 0 aliphatic heterocycles. The first-order chi connectivity index (χ1) is 7.09. The van der Waals surface area contributed by atoms with Crippen LogP contribution in [0.3, 0.4) is 0 Å². The normalized spacial score (nSPS) is 30.4. The Balaban J connectivity index is 2.12. The van der Waals surface area contributed by atoms with Gasteiger partial charge in [0.25, 0.3) is 0 Å². The molecule has 2 aliphatic rings. The molecule has 0 unspecified atom stereocenters. The second-order valence-electron chi connectivity index (χ2n) is 5.13. The summed E-state index contributed by atoms with van der Waals surface area (Å²) in [6.07, 6.45) is 4.21. The lowest BCUT2D eigenvalue weighted by molar-refractivity contribution is 0.251. The van der Waals surface area contributed by atoms with E-state index in [1.54, 1.807) is 25.4 Å². The first-order valence-electron chi connectivity index (χ1n) is 5.89. The van der Waals surface area contributed by atoms with E-state index >= 15 is 0 Å². The van der Waals surface area contributed by atoms with Gasteiger partial charge < -0.3 is 8.85 Å². The molecule has 2 rings (SSSR count). The molecule has 1 fully saturated rings. The topological polar surface area (TPSA) is 18.5 Å². The van der Waals surface area contributed by atoms with Crippen LogP contribution >= 0.6 is 0 Å². The van der Waals surface area contributed by atoms with Crippen molar-refractivity contribution in [1.29, 1.82) is 0 Å². The molecular weight excluding hydrogens is 204 g/mol. The van der Waals surface area contributed by atoms with E-state index < -0.39 is 8.56 Å². The van der Waals surface area contributed by atoms with Crippen LogP contribution in [0, 0.1) is 11.8 Å². The fourth-order valence-electron chi connectivity index (χ4n) is 3.13. The van der Waals surface area contributed by atoms with E-state index in [1.165, 1.54) is 19.3 Å². The zero-order chi connectivity index (χ0) is 11.1. The second kappa shape index (κ2) is 4.04. The third-order valence-corrected chi connectivity index (χ3v) is 7.17. The Hall–Kier alpha value is -0.123. The molecule has 0 saturated heterocycles. The fraction of sp³-hybridized carbons (Fsp3) is 0.833. The number of hydrogen-bond acceptors (Lipinski definition) is 2. The van der Waals surface area contributed by atoms with Gasteiger partial charge in [-0.2, -0.15) is 0 Å². The van der Waals surface area contributed by atoms with E-state index in [1.807, 2.05) is 0 Å². The van der Waals surface area contributed by atoms with Gasteiger partial charge >= 0.3 is 8.56 Å². The molecule has 0 aromatic rings. The lowest BCUT2D eigenvalue weighted by Gasteiger charge is -2.27. The van der Waals surface area contributed by atoms with Crippen molar-refractivity contribution >= 4 is 8.56 Å². The van der Waals surface area contributed by atoms with Crippen molar-refractivity contribution in [2.24, 2.45) is 11.8 Å². The summed E-state index contributed by atoms with van der Waals surface area (Å²) in [5, 5.41) is 0. The first kappa shape index (κ1) is 11.4. The Morgan fingerprint density at radius 3 is 2.27 bits per heavy atom. The van der Waals surface area contributed by atoms with Gasteiger partial charge in [-0.3, -0.25) is 0 Å². The van der Waals surface area contributed by atoms with Crippen LogP contribution in [0.15, 0.2) is 11.1 Å². The zero-order valence-electron chi connectivity index (χ0n) is 10.3. The van der Waals surface area contributed by atoms with Gasteiger partial charge in [-0.1, -0.05) is 11.1 Å². The van der Waals surface area contributed by atoms with Crippen LogP contribution in [0.5, 0.6) is 0 Å². The maximum atomic E-state index is 5.59. The van der Waals surface area contributed by atoms with Gasteiger partial charge in [0.1, 0.15) is 0 Å². The fourth-order valence-corrected chi connectivity index (χ4v) is 4.85. The first-order valence-corrected chi connectivity index (χ1v) is 8.42. The van der Waals surface area contributed by atoms with Gasteiger partial charge in [-0.25, -0.2) is 0 Å². The van der Waals surface area contributed by atoms with Gasteiger partial charge in [-0.05, 0) is 44.6 Å². The molecule has 3 heteroatoms. The van der Waals surface area contributed by atoms with E-state index in [-0.39, 0.29) is 0 Å². The monoisotopic (exact) mass is 226 g/mol. The highest BCUT2D eigenvalue weighted by atomic mass is 28.4. The summed E-state index contributed by atoms with van der Waals surface area (Å²) >= 11 is 0. The van der Waals surface area contributed by atoms with Crippen molar-refractivity contribution in [3.8, 4) is 0 Å². The number of allylic oxidation sites excluding steroid dienone is 2. The summed E-state index contributed by atoms with van der Waals surface area (Å²) < 4.78 is 11.2. The maximum Gasteiger partial charge on any atom is 0.338 e. The minimum Gasteiger partial charge on any atom is -0.398 e. The minimum atomic E-state index is -1.90. The Morgan fingerprint density at radius 2 is 1.80 bits per heavy atom. The van der Waals surface area contributed by atoms with Crippen LogP contribution in [0.1, 0.15) is 26.2 Å². The van der Waals surface area contributed by atoms with Crippen LogP contribution in [0.2, 0.25) is 12.6 Å². The lowest BCUT2D eigenvalue weighted by atomic mass is 9.94. The van der Waals surface area contributed by atoms with Gasteiger partial charge in [0.2, 0.25) is 0 Å². The molecular formula is C12H22O2Si. The van der Waals surface area contributed by atoms with Gasteiger partial charge in [-0.15, -0.1) is 0 Å². The van der Waals surface area contributed by atoms with E-state index in [2.05, 4.69) is 13.5 Å². The molecule has 0 N–H and O–H groups in total. The average molecular weight is 226 g/mol. The van der Waals surface area contributed by atoms with Crippen LogP contribution in [0.25, 0.3) is 0 Å².